The third kappa shape index (κ3) is 54.2. The van der Waals surface area contributed by atoms with Crippen LogP contribution in [0.1, 0.15) is 239 Å². The van der Waals surface area contributed by atoms with E-state index in [4.69, 9.17) is 18.9 Å². The normalized spacial score (nSPS) is 13.4. The van der Waals surface area contributed by atoms with Gasteiger partial charge < -0.3 is 33.3 Å². The number of likely N-dealkylation sites (N-methyl/N-ethyl adjacent to an activating group) is 1. The topological polar surface area (TPSA) is 111 Å². The van der Waals surface area contributed by atoms with E-state index in [-0.39, 0.29) is 38.6 Å². The Bertz CT molecular complexity index is 1450. The molecule has 0 saturated carbocycles. The number of unbranched alkanes of at least 4 members (excludes halogenated alkanes) is 24. The first-order chi connectivity index (χ1) is 35.1. The summed E-state index contributed by atoms with van der Waals surface area (Å²) >= 11 is 0. The van der Waals surface area contributed by atoms with Crippen molar-refractivity contribution in [2.45, 2.75) is 251 Å². The Morgan fingerprint density at radius 2 is 0.792 bits per heavy atom. The number of allylic oxidation sites excluding steroid dienone is 14. The van der Waals surface area contributed by atoms with Crippen molar-refractivity contribution in [3.8, 4) is 0 Å². The maximum Gasteiger partial charge on any atom is 0.306 e. The molecule has 2 unspecified atom stereocenters. The monoisotopic (exact) mass is 1010 g/mol. The fraction of sp³-hybridized carbons (Fsp3) is 0.730. The van der Waals surface area contributed by atoms with Crippen LogP contribution < -0.4 is 5.11 Å². The highest BCUT2D eigenvalue weighted by Crippen LogP contribution is 2.16. The van der Waals surface area contributed by atoms with Gasteiger partial charge in [0.25, 0.3) is 0 Å². The van der Waals surface area contributed by atoms with Gasteiger partial charge >= 0.3 is 11.9 Å². The van der Waals surface area contributed by atoms with E-state index in [1.54, 1.807) is 0 Å². The van der Waals surface area contributed by atoms with Gasteiger partial charge in [-0.3, -0.25) is 9.59 Å². The lowest BCUT2D eigenvalue weighted by Gasteiger charge is -2.26. The summed E-state index contributed by atoms with van der Waals surface area (Å²) in [5, 5.41) is 11.8. The molecule has 72 heavy (non-hydrogen) atoms. The van der Waals surface area contributed by atoms with E-state index in [0.717, 1.165) is 89.9 Å². The summed E-state index contributed by atoms with van der Waals surface area (Å²) in [5.41, 5.74) is 0. The minimum absolute atomic E-state index is 0.143. The van der Waals surface area contributed by atoms with Gasteiger partial charge in [0, 0.05) is 12.8 Å². The first-order valence-corrected chi connectivity index (χ1v) is 29.2. The van der Waals surface area contributed by atoms with Gasteiger partial charge in [-0.15, -0.1) is 0 Å². The maximum atomic E-state index is 12.9. The van der Waals surface area contributed by atoms with Crippen molar-refractivity contribution in [1.29, 1.82) is 0 Å². The number of carbonyl (C=O) groups excluding carboxylic acids is 3. The Hall–Kier alpha value is -3.53. The molecule has 0 amide bonds. The number of hydrogen-bond donors (Lipinski definition) is 0. The number of rotatable bonds is 53. The fourth-order valence-electron chi connectivity index (χ4n) is 7.89. The lowest BCUT2D eigenvalue weighted by atomic mass is 10.0. The summed E-state index contributed by atoms with van der Waals surface area (Å²) in [5.74, 6) is -2.29. The number of carbonyl (C=O) groups is 3. The first-order valence-electron chi connectivity index (χ1n) is 29.2. The molecule has 9 nitrogen and oxygen atoms in total. The van der Waals surface area contributed by atoms with Crippen LogP contribution in [0, 0.1) is 0 Å². The summed E-state index contributed by atoms with van der Waals surface area (Å²) in [6, 6.07) is 0. The minimum atomic E-state index is -1.63. The Kier molecular flexibility index (Phi) is 51.1. The van der Waals surface area contributed by atoms with E-state index in [2.05, 4.69) is 98.9 Å². The highest BCUT2D eigenvalue weighted by atomic mass is 16.7. The third-order valence-electron chi connectivity index (χ3n) is 12.4. The SMILES string of the molecule is CC/C=C\C/C=C\C/C=C\C/C=C\C/C=C\CCCCCCCCCCCCCCCC(=O)OC(COC(=O)CCCCCCCCC/C=C\C/C=C\CCCCCC)COC(OCC[N+](C)(C)C)C(=O)[O-]. The molecule has 414 valence electrons. The lowest BCUT2D eigenvalue weighted by molar-refractivity contribution is -0.870. The van der Waals surface area contributed by atoms with E-state index in [0.29, 0.717) is 17.4 Å². The number of aliphatic carboxylic acids is 1. The molecule has 0 aromatic carbocycles. The van der Waals surface area contributed by atoms with E-state index in [1.807, 2.05) is 21.1 Å². The molecule has 0 spiro atoms. The smallest absolute Gasteiger partial charge is 0.306 e. The molecular formula is C63H109NO8. The maximum absolute atomic E-state index is 12.9. The minimum Gasteiger partial charge on any atom is -0.545 e. The van der Waals surface area contributed by atoms with Crippen LogP contribution in [0.3, 0.4) is 0 Å². The predicted molar refractivity (Wildman–Crippen MR) is 301 cm³/mol. The van der Waals surface area contributed by atoms with Gasteiger partial charge in [0.1, 0.15) is 13.2 Å². The fourth-order valence-corrected chi connectivity index (χ4v) is 7.89. The number of nitrogens with zero attached hydrogens (tertiary/aromatic N) is 1. The van der Waals surface area contributed by atoms with Crippen molar-refractivity contribution in [3.63, 3.8) is 0 Å². The predicted octanol–water partition coefficient (Wildman–Crippen LogP) is 15.8. The second-order valence-corrected chi connectivity index (χ2v) is 20.5. The molecule has 0 aliphatic heterocycles. The van der Waals surface area contributed by atoms with Gasteiger partial charge in [-0.25, -0.2) is 0 Å². The van der Waals surface area contributed by atoms with E-state index in [9.17, 15) is 19.5 Å². The van der Waals surface area contributed by atoms with Crippen LogP contribution in [0.15, 0.2) is 85.1 Å². The van der Waals surface area contributed by atoms with Crippen molar-refractivity contribution in [3.05, 3.63) is 85.1 Å². The van der Waals surface area contributed by atoms with Crippen LogP contribution in [0.25, 0.3) is 0 Å². The third-order valence-corrected chi connectivity index (χ3v) is 12.4. The number of carboxylic acid groups (broad SMARTS) is 1. The molecule has 0 radical (unpaired) electrons. The number of esters is 2. The summed E-state index contributed by atoms with van der Waals surface area (Å²) < 4.78 is 22.7. The zero-order valence-electron chi connectivity index (χ0n) is 47.0. The molecule has 2 atom stereocenters. The zero-order valence-corrected chi connectivity index (χ0v) is 47.0. The van der Waals surface area contributed by atoms with Crippen molar-refractivity contribution >= 4 is 17.9 Å². The molecule has 0 aromatic rings. The van der Waals surface area contributed by atoms with Gasteiger partial charge in [0.2, 0.25) is 0 Å². The first kappa shape index (κ1) is 68.5. The Morgan fingerprint density at radius 1 is 0.431 bits per heavy atom. The second kappa shape index (κ2) is 53.8. The molecule has 0 fully saturated rings. The quantitative estimate of drug-likeness (QED) is 0.0195. The molecule has 0 aliphatic carbocycles. The molecule has 0 saturated heterocycles. The average molecular weight is 1010 g/mol. The summed E-state index contributed by atoms with van der Waals surface area (Å²) in [6.45, 7) is 4.61. The van der Waals surface area contributed by atoms with Crippen LogP contribution in [0.2, 0.25) is 0 Å². The Labute approximate surface area is 442 Å². The summed E-state index contributed by atoms with van der Waals surface area (Å²) in [4.78, 5) is 37.3. The average Bonchev–Trinajstić information content (AvgIpc) is 3.35. The molecule has 9 heteroatoms. The summed E-state index contributed by atoms with van der Waals surface area (Å²) in [7, 11) is 5.92. The van der Waals surface area contributed by atoms with Crippen LogP contribution in [0.4, 0.5) is 0 Å². The van der Waals surface area contributed by atoms with Gasteiger partial charge in [-0.2, -0.15) is 0 Å². The van der Waals surface area contributed by atoms with E-state index < -0.39 is 24.3 Å². The van der Waals surface area contributed by atoms with Crippen molar-refractivity contribution in [2.24, 2.45) is 0 Å². The van der Waals surface area contributed by atoms with E-state index >= 15 is 0 Å². The highest BCUT2D eigenvalue weighted by Gasteiger charge is 2.22. The van der Waals surface area contributed by atoms with Gasteiger partial charge in [-0.1, -0.05) is 221 Å². The van der Waals surface area contributed by atoms with Crippen LogP contribution in [-0.2, 0) is 33.3 Å². The molecule has 0 aliphatic rings. The number of hydrogen-bond acceptors (Lipinski definition) is 8. The van der Waals surface area contributed by atoms with Gasteiger partial charge in [0.15, 0.2) is 12.4 Å². The molecule has 0 heterocycles. The van der Waals surface area contributed by atoms with Crippen LogP contribution in [-0.4, -0.2) is 82.3 Å². The van der Waals surface area contributed by atoms with Gasteiger partial charge in [0.05, 0.1) is 40.3 Å². The van der Waals surface area contributed by atoms with Crippen LogP contribution >= 0.6 is 0 Å². The van der Waals surface area contributed by atoms with Crippen molar-refractivity contribution in [1.82, 2.24) is 0 Å². The number of ether oxygens (including phenoxy) is 4. The van der Waals surface area contributed by atoms with Crippen molar-refractivity contribution in [2.75, 3.05) is 47.5 Å². The molecular weight excluding hydrogens is 899 g/mol. The molecule has 0 aromatic heterocycles. The lowest BCUT2D eigenvalue weighted by Crippen LogP contribution is -2.44. The number of quaternary nitrogens is 1. The van der Waals surface area contributed by atoms with Crippen LogP contribution in [0.5, 0.6) is 0 Å². The Balaban J connectivity index is 4.23. The number of carboxylic acids is 1. The molecule has 0 bridgehead atoms. The molecule has 0 N–H and O–H groups in total. The second-order valence-electron chi connectivity index (χ2n) is 20.5. The van der Waals surface area contributed by atoms with E-state index in [1.165, 1.54) is 116 Å². The Morgan fingerprint density at radius 3 is 1.18 bits per heavy atom. The summed E-state index contributed by atoms with van der Waals surface area (Å²) in [6.07, 6.45) is 67.7. The zero-order chi connectivity index (χ0) is 52.7. The molecule has 0 rings (SSSR count). The highest BCUT2D eigenvalue weighted by molar-refractivity contribution is 5.70. The van der Waals surface area contributed by atoms with Gasteiger partial charge in [-0.05, 0) is 89.9 Å². The standard InChI is InChI=1S/C63H109NO8/c1-6-8-10-12-14-16-18-20-22-24-26-27-28-29-30-31-32-33-34-35-36-38-40-42-44-46-48-50-52-54-61(66)72-59(58-71-63(62(67)68)69-56-55-64(3,4)5)57-70-60(65)53-51-49-47-45-43-41-39-37-25-23-21-19-17-15-13-11-9-7-2/h8,10,14,16-17,19-20,22-23,25-27,29-30,59,63H,6-7,9,11-13,15,18,21,24,28,31-58H2,1-5H3/b10-8-,16-14-,19-17-,22-20-,25-23-,27-26-,30-29-. The van der Waals surface area contributed by atoms with Crippen molar-refractivity contribution < 1.29 is 42.9 Å². The largest absolute Gasteiger partial charge is 0.545 e.